The lowest BCUT2D eigenvalue weighted by molar-refractivity contribution is -0.142. The van der Waals surface area contributed by atoms with Crippen LogP contribution in [0.15, 0.2) is 42.6 Å². The second kappa shape index (κ2) is 10.1. The van der Waals surface area contributed by atoms with E-state index in [2.05, 4.69) is 10.3 Å². The molecule has 1 aliphatic carbocycles. The van der Waals surface area contributed by atoms with Gasteiger partial charge in [-0.1, -0.05) is 18.2 Å². The molecule has 1 saturated carbocycles. The molecule has 2 atom stereocenters. The number of amides is 3. The largest absolute Gasteiger partial charge is 0.493 e. The number of piperazine rings is 1. The number of rotatable bonds is 7. The van der Waals surface area contributed by atoms with Crippen molar-refractivity contribution < 1.29 is 23.9 Å². The molecule has 1 N–H and O–H groups in total. The highest BCUT2D eigenvalue weighted by molar-refractivity contribution is 5.94. The number of nitrogens with zero attached hydrogens (tertiary/aromatic N) is 3. The maximum absolute atomic E-state index is 13.1. The number of carbonyl (C=O) groups is 3. The maximum Gasteiger partial charge on any atom is 0.270 e. The quantitative estimate of drug-likeness (QED) is 0.671. The van der Waals surface area contributed by atoms with Gasteiger partial charge in [-0.3, -0.25) is 14.4 Å². The molecule has 1 aromatic carbocycles. The van der Waals surface area contributed by atoms with Crippen LogP contribution in [-0.2, 0) is 4.79 Å². The minimum absolute atomic E-state index is 0.0366. The third-order valence-electron chi connectivity index (χ3n) is 6.07. The van der Waals surface area contributed by atoms with Gasteiger partial charge in [0.25, 0.3) is 17.7 Å². The molecule has 34 heavy (non-hydrogen) atoms. The summed E-state index contributed by atoms with van der Waals surface area (Å²) in [6.07, 6.45) is 2.58. The minimum atomic E-state index is -0.791. The molecule has 180 valence electrons. The van der Waals surface area contributed by atoms with Crippen molar-refractivity contribution in [2.45, 2.75) is 44.9 Å². The predicted molar refractivity (Wildman–Crippen MR) is 125 cm³/mol. The van der Waals surface area contributed by atoms with Crippen molar-refractivity contribution >= 4 is 17.7 Å². The first-order chi connectivity index (χ1) is 16.4. The van der Waals surface area contributed by atoms with Gasteiger partial charge in [0.2, 0.25) is 0 Å². The van der Waals surface area contributed by atoms with E-state index < -0.39 is 6.10 Å². The van der Waals surface area contributed by atoms with Gasteiger partial charge < -0.3 is 24.6 Å². The fraction of sp³-hybridized carbons (Fsp3) is 0.440. The number of carbonyl (C=O) groups excluding carboxylic acids is 3. The molecule has 0 bridgehead atoms. The number of nitrogens with one attached hydrogen (secondary N) is 1. The van der Waals surface area contributed by atoms with Gasteiger partial charge in [-0.25, -0.2) is 4.98 Å². The van der Waals surface area contributed by atoms with Crippen LogP contribution in [0.4, 0.5) is 0 Å². The van der Waals surface area contributed by atoms with Crippen LogP contribution >= 0.6 is 0 Å². The standard InChI is InChI=1S/C25H30N4O5/c1-16-15-28(25(32)18-7-5-4-6-8-18)11-12-29(16)24(31)17(2)34-22-14-26-20(13-21(22)33-3)23(30)27-19-9-10-19/h4-8,13-14,16-17,19H,9-12,15H2,1-3H3,(H,27,30). The number of methoxy groups -OCH3 is 1. The molecule has 1 aliphatic heterocycles. The number of aromatic nitrogens is 1. The molecule has 2 aliphatic rings. The molecular formula is C25H30N4O5. The number of hydrogen-bond acceptors (Lipinski definition) is 6. The van der Waals surface area contributed by atoms with Crippen molar-refractivity contribution in [2.24, 2.45) is 0 Å². The van der Waals surface area contributed by atoms with E-state index in [9.17, 15) is 14.4 Å². The molecule has 9 heteroatoms. The normalized spacial score (nSPS) is 18.7. The van der Waals surface area contributed by atoms with Crippen molar-refractivity contribution in [1.29, 1.82) is 0 Å². The average Bonchev–Trinajstić information content (AvgIpc) is 3.67. The summed E-state index contributed by atoms with van der Waals surface area (Å²) < 4.78 is 11.3. The Balaban J connectivity index is 1.37. The van der Waals surface area contributed by atoms with Crippen LogP contribution < -0.4 is 14.8 Å². The van der Waals surface area contributed by atoms with Gasteiger partial charge in [0.15, 0.2) is 17.6 Å². The fourth-order valence-electron chi connectivity index (χ4n) is 3.99. The van der Waals surface area contributed by atoms with Gasteiger partial charge in [0, 0.05) is 43.3 Å². The highest BCUT2D eigenvalue weighted by Crippen LogP contribution is 2.28. The van der Waals surface area contributed by atoms with Crippen LogP contribution in [0.1, 0.15) is 47.5 Å². The summed E-state index contributed by atoms with van der Waals surface area (Å²) in [7, 11) is 1.47. The molecule has 4 rings (SSSR count). The second-order valence-electron chi connectivity index (χ2n) is 8.73. The van der Waals surface area contributed by atoms with E-state index in [0.717, 1.165) is 12.8 Å². The van der Waals surface area contributed by atoms with Crippen LogP contribution in [0.25, 0.3) is 0 Å². The lowest BCUT2D eigenvalue weighted by Crippen LogP contribution is -2.57. The Hall–Kier alpha value is -3.62. The monoisotopic (exact) mass is 466 g/mol. The van der Waals surface area contributed by atoms with E-state index in [4.69, 9.17) is 9.47 Å². The number of ether oxygens (including phenoxy) is 2. The summed E-state index contributed by atoms with van der Waals surface area (Å²) in [5, 5.41) is 2.88. The smallest absolute Gasteiger partial charge is 0.270 e. The number of pyridine rings is 1. The highest BCUT2D eigenvalue weighted by atomic mass is 16.5. The van der Waals surface area contributed by atoms with E-state index in [1.807, 2.05) is 25.1 Å². The summed E-state index contributed by atoms with van der Waals surface area (Å²) in [6.45, 7) is 4.91. The molecule has 1 aromatic heterocycles. The van der Waals surface area contributed by atoms with Gasteiger partial charge in [-0.2, -0.15) is 0 Å². The first-order valence-corrected chi connectivity index (χ1v) is 11.5. The van der Waals surface area contributed by atoms with E-state index in [0.29, 0.717) is 30.9 Å². The second-order valence-corrected chi connectivity index (χ2v) is 8.73. The summed E-state index contributed by atoms with van der Waals surface area (Å²) >= 11 is 0. The summed E-state index contributed by atoms with van der Waals surface area (Å²) in [6, 6.07) is 10.7. The topological polar surface area (TPSA) is 101 Å². The van der Waals surface area contributed by atoms with Crippen molar-refractivity contribution in [3.8, 4) is 11.5 Å². The van der Waals surface area contributed by atoms with Crippen molar-refractivity contribution in [1.82, 2.24) is 20.1 Å². The molecule has 2 fully saturated rings. The Morgan fingerprint density at radius 2 is 1.85 bits per heavy atom. The lowest BCUT2D eigenvalue weighted by atomic mass is 10.1. The molecule has 2 unspecified atom stereocenters. The highest BCUT2D eigenvalue weighted by Gasteiger charge is 2.33. The average molecular weight is 467 g/mol. The van der Waals surface area contributed by atoms with Crippen LogP contribution in [0.5, 0.6) is 11.5 Å². The molecule has 9 nitrogen and oxygen atoms in total. The summed E-state index contributed by atoms with van der Waals surface area (Å²) in [5.74, 6) is 0.148. The third-order valence-corrected chi connectivity index (χ3v) is 6.07. The number of hydrogen-bond donors (Lipinski definition) is 1. The maximum atomic E-state index is 13.1. The van der Waals surface area contributed by atoms with Crippen molar-refractivity contribution in [2.75, 3.05) is 26.7 Å². The summed E-state index contributed by atoms with van der Waals surface area (Å²) in [5.41, 5.74) is 0.878. The zero-order valence-corrected chi connectivity index (χ0v) is 19.7. The zero-order valence-electron chi connectivity index (χ0n) is 19.7. The van der Waals surface area contributed by atoms with Gasteiger partial charge in [-0.05, 0) is 38.8 Å². The van der Waals surface area contributed by atoms with Crippen molar-refractivity contribution in [3.05, 3.63) is 53.9 Å². The van der Waals surface area contributed by atoms with Crippen LogP contribution in [0.2, 0.25) is 0 Å². The Kier molecular flexibility index (Phi) is 7.00. The Morgan fingerprint density at radius 1 is 1.12 bits per heavy atom. The fourth-order valence-corrected chi connectivity index (χ4v) is 3.99. The first-order valence-electron chi connectivity index (χ1n) is 11.5. The van der Waals surface area contributed by atoms with E-state index in [1.54, 1.807) is 28.9 Å². The van der Waals surface area contributed by atoms with E-state index in [-0.39, 0.29) is 41.2 Å². The van der Waals surface area contributed by atoms with Crippen molar-refractivity contribution in [3.63, 3.8) is 0 Å². The first kappa shape index (κ1) is 23.5. The van der Waals surface area contributed by atoms with Gasteiger partial charge in [-0.15, -0.1) is 0 Å². The lowest BCUT2D eigenvalue weighted by Gasteiger charge is -2.40. The molecule has 1 saturated heterocycles. The van der Waals surface area contributed by atoms with Gasteiger partial charge in [0.05, 0.1) is 13.3 Å². The van der Waals surface area contributed by atoms with E-state index >= 15 is 0 Å². The zero-order chi connectivity index (χ0) is 24.2. The van der Waals surface area contributed by atoms with Gasteiger partial charge in [0.1, 0.15) is 5.69 Å². The Labute approximate surface area is 199 Å². The molecule has 2 aromatic rings. The molecule has 3 amide bonds. The predicted octanol–water partition coefficient (Wildman–Crippen LogP) is 2.12. The molecule has 0 spiro atoms. The Morgan fingerprint density at radius 3 is 2.50 bits per heavy atom. The van der Waals surface area contributed by atoms with Crippen LogP contribution in [-0.4, -0.2) is 77.4 Å². The molecule has 2 heterocycles. The van der Waals surface area contributed by atoms with Crippen LogP contribution in [0, 0.1) is 0 Å². The molecule has 0 radical (unpaired) electrons. The van der Waals surface area contributed by atoms with Crippen LogP contribution in [0.3, 0.4) is 0 Å². The minimum Gasteiger partial charge on any atom is -0.493 e. The molecular weight excluding hydrogens is 436 g/mol. The van der Waals surface area contributed by atoms with Gasteiger partial charge >= 0.3 is 0 Å². The van der Waals surface area contributed by atoms with E-state index in [1.165, 1.54) is 19.4 Å². The SMILES string of the molecule is COc1cc(C(=O)NC2CC2)ncc1OC(C)C(=O)N1CCN(C(=O)c2ccccc2)CC1C. The summed E-state index contributed by atoms with van der Waals surface area (Å²) in [4.78, 5) is 45.8. The Bertz CT molecular complexity index is 1060. The third kappa shape index (κ3) is 5.30. The number of benzene rings is 1.